The molecule has 4 saturated carbocycles. The van der Waals surface area contributed by atoms with Crippen LogP contribution in [0.4, 0.5) is 5.69 Å². The van der Waals surface area contributed by atoms with Crippen LogP contribution in [0.2, 0.25) is 0 Å². The number of benzene rings is 1. The highest BCUT2D eigenvalue weighted by atomic mass is 79.9. The maximum Gasteiger partial charge on any atom is 0.233 e. The zero-order valence-electron chi connectivity index (χ0n) is 14.1. The van der Waals surface area contributed by atoms with Crippen molar-refractivity contribution in [3.63, 3.8) is 0 Å². The van der Waals surface area contributed by atoms with Crippen molar-refractivity contribution in [2.24, 2.45) is 17.3 Å². The van der Waals surface area contributed by atoms with Gasteiger partial charge in [0, 0.05) is 16.1 Å². The first-order chi connectivity index (χ1) is 10.9. The fourth-order valence-corrected chi connectivity index (χ4v) is 7.35. The molecule has 0 N–H and O–H groups in total. The van der Waals surface area contributed by atoms with E-state index in [9.17, 15) is 4.79 Å². The van der Waals surface area contributed by atoms with Crippen LogP contribution in [0.15, 0.2) is 30.3 Å². The molecule has 124 valence electrons. The molecule has 0 aliphatic heterocycles. The van der Waals surface area contributed by atoms with Crippen LogP contribution in [0, 0.1) is 17.3 Å². The van der Waals surface area contributed by atoms with Crippen LogP contribution < -0.4 is 4.90 Å². The lowest BCUT2D eigenvalue weighted by Gasteiger charge is -2.60. The summed E-state index contributed by atoms with van der Waals surface area (Å²) in [5, 5.41) is 0. The molecular weight excluding hydrogens is 350 g/mol. The van der Waals surface area contributed by atoms with Gasteiger partial charge in [0.1, 0.15) is 0 Å². The molecule has 4 aliphatic carbocycles. The summed E-state index contributed by atoms with van der Waals surface area (Å²) in [5.74, 6) is 1.85. The zero-order chi connectivity index (χ0) is 16.2. The predicted octanol–water partition coefficient (Wildman–Crippen LogP) is 5.16. The molecule has 2 nitrogen and oxygen atoms in total. The maximum absolute atomic E-state index is 13.7. The molecule has 4 aliphatic rings. The molecule has 4 fully saturated rings. The minimum atomic E-state index is -0.131. The molecule has 2 atom stereocenters. The van der Waals surface area contributed by atoms with Crippen LogP contribution in [0.25, 0.3) is 0 Å². The number of carbonyl (C=O) groups excluding carboxylic acids is 1. The van der Waals surface area contributed by atoms with Gasteiger partial charge in [-0.25, -0.2) is 0 Å². The van der Waals surface area contributed by atoms with Gasteiger partial charge in [0.2, 0.25) is 5.91 Å². The van der Waals surface area contributed by atoms with Crippen LogP contribution in [0.1, 0.15) is 52.4 Å². The van der Waals surface area contributed by atoms with Crippen molar-refractivity contribution in [1.82, 2.24) is 0 Å². The number of hydrogen-bond donors (Lipinski definition) is 0. The number of para-hydroxylation sites is 1. The lowest BCUT2D eigenvalue weighted by atomic mass is 9.49. The summed E-state index contributed by atoms with van der Waals surface area (Å²) in [6.45, 7) is 4.27. The lowest BCUT2D eigenvalue weighted by molar-refractivity contribution is -0.141. The van der Waals surface area contributed by atoms with Gasteiger partial charge in [-0.2, -0.15) is 0 Å². The highest BCUT2D eigenvalue weighted by Gasteiger charge is 2.60. The van der Waals surface area contributed by atoms with Crippen molar-refractivity contribution < 1.29 is 4.79 Å². The first-order valence-corrected chi connectivity index (χ1v) is 9.78. The third-order valence-electron chi connectivity index (χ3n) is 6.21. The van der Waals surface area contributed by atoms with Gasteiger partial charge < -0.3 is 4.90 Å². The second-order valence-corrected chi connectivity index (χ2v) is 10.2. The Morgan fingerprint density at radius 1 is 1.13 bits per heavy atom. The normalized spacial score (nSPS) is 38.1. The summed E-state index contributed by atoms with van der Waals surface area (Å²) in [4.78, 5) is 15.7. The van der Waals surface area contributed by atoms with Gasteiger partial charge in [0.05, 0.1) is 5.41 Å². The summed E-state index contributed by atoms with van der Waals surface area (Å²) < 4.78 is 0.228. The molecule has 23 heavy (non-hydrogen) atoms. The van der Waals surface area contributed by atoms with Gasteiger partial charge in [-0.1, -0.05) is 34.1 Å². The Hall–Kier alpha value is -0.830. The number of nitrogens with zero attached hydrogens (tertiary/aromatic N) is 1. The number of anilines is 1. The average Bonchev–Trinajstić information content (AvgIpc) is 2.45. The Balaban J connectivity index is 1.70. The maximum atomic E-state index is 13.7. The summed E-state index contributed by atoms with van der Waals surface area (Å²) in [6.07, 6.45) is 7.12. The smallest absolute Gasteiger partial charge is 0.233 e. The third-order valence-corrected chi connectivity index (χ3v) is 7.14. The molecule has 0 saturated heterocycles. The van der Waals surface area contributed by atoms with E-state index in [0.717, 1.165) is 36.8 Å². The van der Waals surface area contributed by atoms with E-state index in [4.69, 9.17) is 0 Å². The second-order valence-electron chi connectivity index (χ2n) is 8.50. The minimum absolute atomic E-state index is 0.131. The number of hydrogen-bond acceptors (Lipinski definition) is 1. The van der Waals surface area contributed by atoms with Crippen molar-refractivity contribution in [3.05, 3.63) is 30.3 Å². The van der Waals surface area contributed by atoms with Gasteiger partial charge in [-0.3, -0.25) is 4.79 Å². The van der Waals surface area contributed by atoms with E-state index >= 15 is 0 Å². The van der Waals surface area contributed by atoms with Crippen LogP contribution in [0.3, 0.4) is 0 Å². The highest BCUT2D eigenvalue weighted by Crippen LogP contribution is 2.65. The molecule has 5 rings (SSSR count). The van der Waals surface area contributed by atoms with E-state index in [1.165, 1.54) is 19.3 Å². The molecular formula is C20H26BrNO. The van der Waals surface area contributed by atoms with Gasteiger partial charge in [0.15, 0.2) is 0 Å². The number of halogens is 1. The lowest BCUT2D eigenvalue weighted by Crippen LogP contribution is -2.59. The number of amides is 1. The van der Waals surface area contributed by atoms with Crippen molar-refractivity contribution in [3.8, 4) is 0 Å². The molecule has 1 aromatic rings. The van der Waals surface area contributed by atoms with Gasteiger partial charge >= 0.3 is 0 Å². The van der Waals surface area contributed by atoms with Crippen LogP contribution in [-0.2, 0) is 4.79 Å². The molecule has 1 aromatic carbocycles. The van der Waals surface area contributed by atoms with Crippen molar-refractivity contribution in [2.45, 2.75) is 62.7 Å². The zero-order valence-corrected chi connectivity index (χ0v) is 15.7. The Labute approximate surface area is 147 Å². The monoisotopic (exact) mass is 375 g/mol. The number of rotatable bonds is 3. The topological polar surface area (TPSA) is 20.3 Å². The summed E-state index contributed by atoms with van der Waals surface area (Å²) in [5.41, 5.74) is 0.917. The van der Waals surface area contributed by atoms with Crippen LogP contribution in [-0.4, -0.2) is 16.3 Å². The van der Waals surface area contributed by atoms with E-state index in [-0.39, 0.29) is 15.8 Å². The molecule has 0 spiro atoms. The first kappa shape index (κ1) is 15.7. The van der Waals surface area contributed by atoms with E-state index < -0.39 is 0 Å². The Kier molecular flexibility index (Phi) is 3.64. The number of carbonyl (C=O) groups is 1. The van der Waals surface area contributed by atoms with Crippen molar-refractivity contribution in [2.75, 3.05) is 4.90 Å². The van der Waals surface area contributed by atoms with E-state index in [1.54, 1.807) is 0 Å². The quantitative estimate of drug-likeness (QED) is 0.667. The summed E-state index contributed by atoms with van der Waals surface area (Å²) in [6, 6.07) is 10.4. The van der Waals surface area contributed by atoms with Crippen molar-refractivity contribution >= 4 is 27.5 Å². The Bertz CT molecular complexity index is 597. The third kappa shape index (κ3) is 2.56. The van der Waals surface area contributed by atoms with Gasteiger partial charge in [-0.05, 0) is 76.3 Å². The van der Waals surface area contributed by atoms with Crippen LogP contribution in [0.5, 0.6) is 0 Å². The van der Waals surface area contributed by atoms with Gasteiger partial charge in [-0.15, -0.1) is 0 Å². The van der Waals surface area contributed by atoms with Crippen LogP contribution >= 0.6 is 15.9 Å². The number of alkyl halides is 1. The molecule has 0 aromatic heterocycles. The van der Waals surface area contributed by atoms with E-state index in [0.29, 0.717) is 5.91 Å². The fourth-order valence-electron chi connectivity index (χ4n) is 5.90. The largest absolute Gasteiger partial charge is 0.309 e. The fraction of sp³-hybridized carbons (Fsp3) is 0.650. The molecule has 0 heterocycles. The summed E-state index contributed by atoms with van der Waals surface area (Å²) in [7, 11) is 0. The Morgan fingerprint density at radius 3 is 2.26 bits per heavy atom. The molecule has 2 unspecified atom stereocenters. The molecule has 1 amide bonds. The molecule has 0 radical (unpaired) electrons. The van der Waals surface area contributed by atoms with E-state index in [1.807, 2.05) is 18.2 Å². The summed E-state index contributed by atoms with van der Waals surface area (Å²) >= 11 is 4.03. The average molecular weight is 376 g/mol. The molecule has 4 bridgehead atoms. The Morgan fingerprint density at radius 2 is 1.74 bits per heavy atom. The first-order valence-electron chi connectivity index (χ1n) is 8.98. The van der Waals surface area contributed by atoms with E-state index in [2.05, 4.69) is 46.8 Å². The molecule has 3 heteroatoms. The minimum Gasteiger partial charge on any atom is -0.309 e. The second kappa shape index (κ2) is 5.34. The highest BCUT2D eigenvalue weighted by molar-refractivity contribution is 9.10. The van der Waals surface area contributed by atoms with Crippen molar-refractivity contribution in [1.29, 1.82) is 0 Å². The standard InChI is InChI=1S/C20H26BrNO/c1-14(2)22(17-6-4-3-5-7-17)18(23)19-9-15-8-16(10-19)12-20(21,11-15)13-19/h3-7,14-16H,8-13H2,1-2H3. The predicted molar refractivity (Wildman–Crippen MR) is 97.8 cm³/mol. The SMILES string of the molecule is CC(C)N(C(=O)C12CC3CC(CC(Br)(C3)C1)C2)c1ccccc1. The van der Waals surface area contributed by atoms with Gasteiger partial charge in [0.25, 0.3) is 0 Å².